The normalized spacial score (nSPS) is 11.6. The number of likely N-dealkylation sites (N-methyl/N-ethyl adjacent to an activating group) is 1. The van der Waals surface area contributed by atoms with Gasteiger partial charge in [0.25, 0.3) is 5.91 Å². The van der Waals surface area contributed by atoms with Gasteiger partial charge in [-0.15, -0.1) is 0 Å². The second-order valence-electron chi connectivity index (χ2n) is 4.95. The summed E-state index contributed by atoms with van der Waals surface area (Å²) < 4.78 is 29.0. The van der Waals surface area contributed by atoms with Gasteiger partial charge < -0.3 is 15.0 Å². The Morgan fingerprint density at radius 2 is 1.95 bits per heavy atom. The van der Waals surface area contributed by atoms with Gasteiger partial charge in [-0.25, -0.2) is 8.42 Å². The second kappa shape index (κ2) is 8.87. The Hall–Kier alpha value is -1.44. The molecule has 0 atom stereocenters. The Kier molecular flexibility index (Phi) is 7.50. The standard InChI is InChI=1S/C15H24N2O4S/c1-4-22(19,20)14-8-6-5-7-13(14)15(18)16-9-10-17(2)11-12-21-3/h5-8H,4,9-12H2,1-3H3,(H,16,18). The van der Waals surface area contributed by atoms with Crippen LogP contribution in [0.1, 0.15) is 17.3 Å². The van der Waals surface area contributed by atoms with E-state index in [0.717, 1.165) is 6.54 Å². The number of carbonyl (C=O) groups excluding carboxylic acids is 1. The zero-order chi connectivity index (χ0) is 16.6. The zero-order valence-electron chi connectivity index (χ0n) is 13.3. The van der Waals surface area contributed by atoms with E-state index in [1.165, 1.54) is 12.1 Å². The maximum atomic E-state index is 12.2. The van der Waals surface area contributed by atoms with Gasteiger partial charge in [-0.1, -0.05) is 19.1 Å². The maximum absolute atomic E-state index is 12.2. The van der Waals surface area contributed by atoms with Crippen LogP contribution in [0.15, 0.2) is 29.2 Å². The summed E-state index contributed by atoms with van der Waals surface area (Å²) in [5.74, 6) is -0.399. The first-order chi connectivity index (χ1) is 10.4. The number of rotatable bonds is 9. The summed E-state index contributed by atoms with van der Waals surface area (Å²) in [5.41, 5.74) is 0.198. The lowest BCUT2D eigenvalue weighted by Crippen LogP contribution is -2.34. The van der Waals surface area contributed by atoms with Crippen LogP contribution in [0.4, 0.5) is 0 Å². The topological polar surface area (TPSA) is 75.7 Å². The molecule has 0 saturated carbocycles. The number of nitrogens with one attached hydrogen (secondary N) is 1. The number of hydrogen-bond donors (Lipinski definition) is 1. The van der Waals surface area contributed by atoms with E-state index in [1.807, 2.05) is 11.9 Å². The SMILES string of the molecule is CCS(=O)(=O)c1ccccc1C(=O)NCCN(C)CCOC. The van der Waals surface area contributed by atoms with E-state index in [2.05, 4.69) is 5.32 Å². The Labute approximate surface area is 132 Å². The van der Waals surface area contributed by atoms with Crippen molar-refractivity contribution >= 4 is 15.7 Å². The monoisotopic (exact) mass is 328 g/mol. The molecule has 0 radical (unpaired) electrons. The quantitative estimate of drug-likeness (QED) is 0.725. The average molecular weight is 328 g/mol. The molecule has 1 aromatic rings. The van der Waals surface area contributed by atoms with Crippen LogP contribution < -0.4 is 5.32 Å². The van der Waals surface area contributed by atoms with Gasteiger partial charge in [0.05, 0.1) is 22.8 Å². The van der Waals surface area contributed by atoms with Gasteiger partial charge in [0.2, 0.25) is 0 Å². The van der Waals surface area contributed by atoms with Crippen molar-refractivity contribution in [1.29, 1.82) is 0 Å². The third-order valence-electron chi connectivity index (χ3n) is 3.30. The number of sulfone groups is 1. The lowest BCUT2D eigenvalue weighted by Gasteiger charge is -2.16. The Morgan fingerprint density at radius 3 is 2.59 bits per heavy atom. The summed E-state index contributed by atoms with van der Waals surface area (Å²) in [6.07, 6.45) is 0. The molecule has 7 heteroatoms. The third-order valence-corrected chi connectivity index (χ3v) is 5.09. The smallest absolute Gasteiger partial charge is 0.252 e. The van der Waals surface area contributed by atoms with Crippen molar-refractivity contribution in [3.05, 3.63) is 29.8 Å². The minimum Gasteiger partial charge on any atom is -0.383 e. The number of nitrogens with zero attached hydrogens (tertiary/aromatic N) is 1. The van der Waals surface area contributed by atoms with Gasteiger partial charge >= 0.3 is 0 Å². The molecule has 0 heterocycles. The van der Waals surface area contributed by atoms with Gasteiger partial charge in [-0.05, 0) is 19.2 Å². The van der Waals surface area contributed by atoms with Crippen LogP contribution in [-0.4, -0.2) is 65.4 Å². The molecule has 22 heavy (non-hydrogen) atoms. The van der Waals surface area contributed by atoms with Gasteiger partial charge in [0.15, 0.2) is 9.84 Å². The number of hydrogen-bond acceptors (Lipinski definition) is 5. The molecule has 1 aromatic carbocycles. The molecule has 124 valence electrons. The molecular formula is C15H24N2O4S. The molecule has 1 amide bonds. The molecule has 0 spiro atoms. The highest BCUT2D eigenvalue weighted by Crippen LogP contribution is 2.16. The van der Waals surface area contributed by atoms with Crippen LogP contribution in [0.5, 0.6) is 0 Å². The summed E-state index contributed by atoms with van der Waals surface area (Å²) in [6, 6.07) is 6.29. The summed E-state index contributed by atoms with van der Waals surface area (Å²) in [7, 11) is 0.156. The van der Waals surface area contributed by atoms with Crippen LogP contribution >= 0.6 is 0 Å². The zero-order valence-corrected chi connectivity index (χ0v) is 14.1. The van der Waals surface area contributed by atoms with Crippen molar-refractivity contribution in [2.45, 2.75) is 11.8 Å². The number of carbonyl (C=O) groups is 1. The Bertz CT molecular complexity index is 587. The fourth-order valence-corrected chi connectivity index (χ4v) is 2.99. The minimum atomic E-state index is -3.42. The van der Waals surface area contributed by atoms with Crippen molar-refractivity contribution < 1.29 is 17.9 Å². The van der Waals surface area contributed by atoms with Crippen LogP contribution in [0.25, 0.3) is 0 Å². The first kappa shape index (κ1) is 18.6. The fourth-order valence-electron chi connectivity index (χ4n) is 1.90. The highest BCUT2D eigenvalue weighted by molar-refractivity contribution is 7.91. The van der Waals surface area contributed by atoms with Crippen LogP contribution in [0.2, 0.25) is 0 Å². The molecule has 6 nitrogen and oxygen atoms in total. The molecular weight excluding hydrogens is 304 g/mol. The van der Waals surface area contributed by atoms with Crippen molar-refractivity contribution in [3.8, 4) is 0 Å². The Morgan fingerprint density at radius 1 is 1.27 bits per heavy atom. The molecule has 0 fully saturated rings. The molecule has 0 aliphatic carbocycles. The lowest BCUT2D eigenvalue weighted by molar-refractivity contribution is 0.0944. The van der Waals surface area contributed by atoms with E-state index in [0.29, 0.717) is 19.7 Å². The molecule has 0 aliphatic rings. The van der Waals surface area contributed by atoms with E-state index in [4.69, 9.17) is 4.74 Å². The summed E-state index contributed by atoms with van der Waals surface area (Å²) in [6.45, 7) is 4.07. The molecule has 0 aliphatic heterocycles. The van der Waals surface area contributed by atoms with Crippen LogP contribution in [0.3, 0.4) is 0 Å². The number of benzene rings is 1. The van der Waals surface area contributed by atoms with Crippen molar-refractivity contribution in [1.82, 2.24) is 10.2 Å². The molecule has 1 rings (SSSR count). The molecule has 0 aromatic heterocycles. The molecule has 0 unspecified atom stereocenters. The summed E-state index contributed by atoms with van der Waals surface area (Å²) >= 11 is 0. The number of methoxy groups -OCH3 is 1. The van der Waals surface area contributed by atoms with E-state index in [9.17, 15) is 13.2 Å². The minimum absolute atomic E-state index is 0.0307. The van der Waals surface area contributed by atoms with E-state index >= 15 is 0 Å². The van der Waals surface area contributed by atoms with Crippen molar-refractivity contribution in [2.24, 2.45) is 0 Å². The van der Waals surface area contributed by atoms with Gasteiger partial charge in [0, 0.05) is 26.7 Å². The average Bonchev–Trinajstić information content (AvgIpc) is 2.52. The van der Waals surface area contributed by atoms with Crippen molar-refractivity contribution in [3.63, 3.8) is 0 Å². The number of amides is 1. The summed E-state index contributed by atoms with van der Waals surface area (Å²) in [4.78, 5) is 14.3. The predicted octanol–water partition coefficient (Wildman–Crippen LogP) is 0.788. The highest BCUT2D eigenvalue weighted by atomic mass is 32.2. The van der Waals surface area contributed by atoms with E-state index < -0.39 is 9.84 Å². The largest absolute Gasteiger partial charge is 0.383 e. The second-order valence-corrected chi connectivity index (χ2v) is 7.20. The first-order valence-corrected chi connectivity index (χ1v) is 8.85. The summed E-state index contributed by atoms with van der Waals surface area (Å²) in [5, 5.41) is 2.76. The molecule has 0 bridgehead atoms. The highest BCUT2D eigenvalue weighted by Gasteiger charge is 2.20. The fraction of sp³-hybridized carbons (Fsp3) is 0.533. The maximum Gasteiger partial charge on any atom is 0.252 e. The predicted molar refractivity (Wildman–Crippen MR) is 85.9 cm³/mol. The van der Waals surface area contributed by atoms with Gasteiger partial charge in [0.1, 0.15) is 0 Å². The van der Waals surface area contributed by atoms with Crippen LogP contribution in [0, 0.1) is 0 Å². The van der Waals surface area contributed by atoms with E-state index in [1.54, 1.807) is 26.2 Å². The lowest BCUT2D eigenvalue weighted by atomic mass is 10.2. The molecule has 1 N–H and O–H groups in total. The number of ether oxygens (including phenoxy) is 1. The Balaban J connectivity index is 2.67. The third kappa shape index (κ3) is 5.40. The molecule has 0 saturated heterocycles. The van der Waals surface area contributed by atoms with Gasteiger partial charge in [-0.3, -0.25) is 4.79 Å². The van der Waals surface area contributed by atoms with Crippen molar-refractivity contribution in [2.75, 3.05) is 46.2 Å². The van der Waals surface area contributed by atoms with Crippen LogP contribution in [-0.2, 0) is 14.6 Å². The van der Waals surface area contributed by atoms with E-state index in [-0.39, 0.29) is 22.1 Å². The van der Waals surface area contributed by atoms with Gasteiger partial charge in [-0.2, -0.15) is 0 Å². The first-order valence-electron chi connectivity index (χ1n) is 7.19.